The standard InChI is InChI=1S/C21H26ClNOS/c1-3-4-15-23-20(25)21(22,24-19-13-9-6-10-14-19)17(2)16-18-11-7-5-8-12-18/h5-14,17H,3-4,15-16H2,1-2H3,(H,23,25). The van der Waals surface area contributed by atoms with Gasteiger partial charge in [-0.05, 0) is 30.5 Å². The molecule has 2 rings (SSSR count). The summed E-state index contributed by atoms with van der Waals surface area (Å²) in [5.41, 5.74) is 1.21. The van der Waals surface area contributed by atoms with Crippen molar-refractivity contribution in [2.75, 3.05) is 6.54 Å². The monoisotopic (exact) mass is 375 g/mol. The fourth-order valence-electron chi connectivity index (χ4n) is 2.58. The quantitative estimate of drug-likeness (QED) is 0.187. The van der Waals surface area contributed by atoms with Gasteiger partial charge in [0.25, 0.3) is 0 Å². The second-order valence-electron chi connectivity index (χ2n) is 6.21. The molecule has 0 spiro atoms. The van der Waals surface area contributed by atoms with E-state index in [0.29, 0.717) is 11.6 Å². The van der Waals surface area contributed by atoms with Crippen molar-refractivity contribution in [1.82, 2.24) is 0 Å². The van der Waals surface area contributed by atoms with E-state index in [4.69, 9.17) is 16.3 Å². The van der Waals surface area contributed by atoms with E-state index in [2.05, 4.69) is 43.6 Å². The molecule has 0 aliphatic heterocycles. The van der Waals surface area contributed by atoms with Gasteiger partial charge in [-0.3, -0.25) is 4.99 Å². The third-order valence-corrected chi connectivity index (χ3v) is 5.34. The molecule has 0 heterocycles. The number of unbranched alkanes of at least 4 members (excludes halogenated alkanes) is 1. The highest BCUT2D eigenvalue weighted by molar-refractivity contribution is 7.97. The molecule has 0 bridgehead atoms. The van der Waals surface area contributed by atoms with Crippen LogP contribution in [0.3, 0.4) is 0 Å². The molecule has 2 aromatic carbocycles. The van der Waals surface area contributed by atoms with Crippen molar-refractivity contribution < 1.29 is 4.74 Å². The molecule has 134 valence electrons. The average molecular weight is 376 g/mol. The topological polar surface area (TPSA) is 21.6 Å². The highest BCUT2D eigenvalue weighted by atomic mass is 35.5. The fourth-order valence-corrected chi connectivity index (χ4v) is 3.17. The van der Waals surface area contributed by atoms with E-state index in [1.165, 1.54) is 5.56 Å². The van der Waals surface area contributed by atoms with Gasteiger partial charge in [-0.1, -0.05) is 80.4 Å². The minimum atomic E-state index is -1.09. The maximum absolute atomic E-state index is 6.97. The van der Waals surface area contributed by atoms with Gasteiger partial charge in [0, 0.05) is 12.5 Å². The molecule has 0 aliphatic carbocycles. The van der Waals surface area contributed by atoms with Gasteiger partial charge in [0.1, 0.15) is 10.8 Å². The molecule has 2 aromatic rings. The Morgan fingerprint density at radius 1 is 1.12 bits per heavy atom. The Labute approximate surface area is 161 Å². The maximum atomic E-state index is 6.97. The number of rotatable bonds is 9. The van der Waals surface area contributed by atoms with Gasteiger partial charge < -0.3 is 4.74 Å². The molecule has 2 atom stereocenters. The summed E-state index contributed by atoms with van der Waals surface area (Å²) in [7, 11) is 0. The fraction of sp³-hybridized carbons (Fsp3) is 0.381. The van der Waals surface area contributed by atoms with Crippen LogP contribution in [0.25, 0.3) is 0 Å². The molecule has 4 heteroatoms. The van der Waals surface area contributed by atoms with Gasteiger partial charge in [-0.25, -0.2) is 0 Å². The predicted octanol–water partition coefficient (Wildman–Crippen LogP) is 6.01. The zero-order chi connectivity index (χ0) is 18.1. The van der Waals surface area contributed by atoms with Crippen LogP contribution in [-0.2, 0) is 6.42 Å². The molecule has 2 unspecified atom stereocenters. The molecule has 25 heavy (non-hydrogen) atoms. The van der Waals surface area contributed by atoms with E-state index in [9.17, 15) is 0 Å². The highest BCUT2D eigenvalue weighted by Gasteiger charge is 2.40. The lowest BCUT2D eigenvalue weighted by atomic mass is 9.95. The molecule has 0 N–H and O–H groups in total. The number of benzene rings is 2. The van der Waals surface area contributed by atoms with Crippen LogP contribution in [0.15, 0.2) is 65.7 Å². The Hall–Kier alpha value is -1.45. The third-order valence-electron chi connectivity index (χ3n) is 4.11. The van der Waals surface area contributed by atoms with Crippen LogP contribution in [0.1, 0.15) is 32.3 Å². The Morgan fingerprint density at radius 3 is 2.32 bits per heavy atom. The van der Waals surface area contributed by atoms with Crippen molar-refractivity contribution in [3.8, 4) is 5.75 Å². The summed E-state index contributed by atoms with van der Waals surface area (Å²) in [4.78, 5) is 4.57. The van der Waals surface area contributed by atoms with Crippen LogP contribution in [0, 0.1) is 5.92 Å². The number of hydrogen-bond donors (Lipinski definition) is 1. The molecule has 0 fully saturated rings. The van der Waals surface area contributed by atoms with E-state index in [0.717, 1.165) is 25.0 Å². The summed E-state index contributed by atoms with van der Waals surface area (Å²) in [6, 6.07) is 19.9. The van der Waals surface area contributed by atoms with Gasteiger partial charge in [0.2, 0.25) is 5.06 Å². The Bertz CT molecular complexity index is 662. The minimum Gasteiger partial charge on any atom is -0.465 e. The molecule has 0 radical (unpaired) electrons. The molecule has 0 amide bonds. The normalized spacial score (nSPS) is 15.4. The van der Waals surface area contributed by atoms with E-state index < -0.39 is 5.06 Å². The van der Waals surface area contributed by atoms with Gasteiger partial charge in [-0.15, -0.1) is 12.6 Å². The van der Waals surface area contributed by atoms with Crippen LogP contribution >= 0.6 is 24.2 Å². The smallest absolute Gasteiger partial charge is 0.232 e. The first-order chi connectivity index (χ1) is 12.1. The first-order valence-corrected chi connectivity index (χ1v) is 9.59. The molecule has 2 nitrogen and oxygen atoms in total. The van der Waals surface area contributed by atoms with Gasteiger partial charge in [0.05, 0.1) is 0 Å². The van der Waals surface area contributed by atoms with Gasteiger partial charge in [-0.2, -0.15) is 0 Å². The van der Waals surface area contributed by atoms with Gasteiger partial charge >= 0.3 is 0 Å². The largest absolute Gasteiger partial charge is 0.465 e. The summed E-state index contributed by atoms with van der Waals surface area (Å²) in [5.74, 6) is 0.712. The van der Waals surface area contributed by atoms with E-state index >= 15 is 0 Å². The van der Waals surface area contributed by atoms with Crippen molar-refractivity contribution in [3.63, 3.8) is 0 Å². The number of halogens is 1. The van der Waals surface area contributed by atoms with E-state index in [1.807, 2.05) is 48.5 Å². The lowest BCUT2D eigenvalue weighted by Crippen LogP contribution is -2.44. The number of para-hydroxylation sites is 1. The van der Waals surface area contributed by atoms with Crippen LogP contribution < -0.4 is 4.74 Å². The van der Waals surface area contributed by atoms with Crippen LogP contribution in [0.2, 0.25) is 0 Å². The minimum absolute atomic E-state index is 0.00495. The van der Waals surface area contributed by atoms with Crippen LogP contribution in [0.4, 0.5) is 0 Å². The Balaban J connectivity index is 2.25. The summed E-state index contributed by atoms with van der Waals surface area (Å²) < 4.78 is 6.19. The molecular weight excluding hydrogens is 350 g/mol. The van der Waals surface area contributed by atoms with Crippen molar-refractivity contribution in [2.45, 2.75) is 38.2 Å². The molecule has 0 saturated heterocycles. The zero-order valence-electron chi connectivity index (χ0n) is 14.9. The molecule has 0 saturated carbocycles. The van der Waals surface area contributed by atoms with Crippen LogP contribution in [0.5, 0.6) is 5.75 Å². The summed E-state index contributed by atoms with van der Waals surface area (Å²) in [6.07, 6.45) is 2.87. The number of thiol groups is 1. The second-order valence-corrected chi connectivity index (χ2v) is 7.19. The van der Waals surface area contributed by atoms with E-state index in [-0.39, 0.29) is 5.92 Å². The summed E-state index contributed by atoms with van der Waals surface area (Å²) in [6.45, 7) is 4.93. The lowest BCUT2D eigenvalue weighted by Gasteiger charge is -2.33. The Kier molecular flexibility index (Phi) is 7.86. The van der Waals surface area contributed by atoms with Crippen molar-refractivity contribution in [3.05, 3.63) is 66.2 Å². The van der Waals surface area contributed by atoms with Crippen LogP contribution in [-0.4, -0.2) is 16.6 Å². The lowest BCUT2D eigenvalue weighted by molar-refractivity contribution is 0.167. The Morgan fingerprint density at radius 2 is 1.72 bits per heavy atom. The zero-order valence-corrected chi connectivity index (χ0v) is 16.5. The maximum Gasteiger partial charge on any atom is 0.232 e. The number of alkyl halides is 1. The van der Waals surface area contributed by atoms with Crippen molar-refractivity contribution in [2.24, 2.45) is 10.9 Å². The van der Waals surface area contributed by atoms with E-state index in [1.54, 1.807) is 0 Å². The number of ether oxygens (including phenoxy) is 1. The molecule has 0 aliphatic rings. The number of aliphatic imine (C=N–C) groups is 1. The predicted molar refractivity (Wildman–Crippen MR) is 111 cm³/mol. The number of nitrogens with zero attached hydrogens (tertiary/aromatic N) is 1. The highest BCUT2D eigenvalue weighted by Crippen LogP contribution is 2.34. The average Bonchev–Trinajstić information content (AvgIpc) is 2.63. The second kappa shape index (κ2) is 9.88. The van der Waals surface area contributed by atoms with Crippen molar-refractivity contribution in [1.29, 1.82) is 0 Å². The molecular formula is C21H26ClNOS. The summed E-state index contributed by atoms with van der Waals surface area (Å²) in [5, 5.41) is -0.552. The third kappa shape index (κ3) is 5.79. The summed E-state index contributed by atoms with van der Waals surface area (Å²) >= 11 is 11.6. The number of hydrogen-bond acceptors (Lipinski definition) is 2. The van der Waals surface area contributed by atoms with Crippen molar-refractivity contribution >= 4 is 29.3 Å². The molecule has 0 aromatic heterocycles. The van der Waals surface area contributed by atoms with Gasteiger partial charge in [0.15, 0.2) is 0 Å². The SMILES string of the molecule is CCCCN=C(S)C(Cl)(Oc1ccccc1)C(C)Cc1ccccc1. The first kappa shape index (κ1) is 19.9. The first-order valence-electron chi connectivity index (χ1n) is 8.77.